The maximum Gasteiger partial charge on any atom is 0.247 e. The lowest BCUT2D eigenvalue weighted by Crippen LogP contribution is -2.15. The van der Waals surface area contributed by atoms with Gasteiger partial charge in [0.2, 0.25) is 11.9 Å². The van der Waals surface area contributed by atoms with Gasteiger partial charge in [0.1, 0.15) is 11.4 Å². The Kier molecular flexibility index (Phi) is 7.60. The molecule has 0 aliphatic rings. The fourth-order valence-electron chi connectivity index (χ4n) is 4.06. The third kappa shape index (κ3) is 5.52. The Morgan fingerprint density at radius 3 is 2.75 bits per heavy atom. The van der Waals surface area contributed by atoms with Gasteiger partial charge in [-0.3, -0.25) is 9.48 Å². The Balaban J connectivity index is 1.68. The van der Waals surface area contributed by atoms with Crippen molar-refractivity contribution >= 4 is 34.1 Å². The summed E-state index contributed by atoms with van der Waals surface area (Å²) in [6.45, 7) is 4.50. The highest BCUT2D eigenvalue weighted by Crippen LogP contribution is 2.34. The molecule has 0 fully saturated rings. The smallest absolute Gasteiger partial charge is 0.247 e. The molecule has 9 heteroatoms. The molecule has 0 atom stereocenters. The molecule has 0 aliphatic carbocycles. The summed E-state index contributed by atoms with van der Waals surface area (Å²) in [4.78, 5) is 23.4. The zero-order chi connectivity index (χ0) is 25.7. The number of para-hydroxylation sites is 1. The van der Waals surface area contributed by atoms with E-state index in [1.165, 1.54) is 6.08 Å². The number of benzene rings is 2. The summed E-state index contributed by atoms with van der Waals surface area (Å²) in [6.07, 6.45) is 4.66. The average Bonchev–Trinajstić information content (AvgIpc) is 3.21. The number of fused-ring (bicyclic) bond motifs is 1. The summed E-state index contributed by atoms with van der Waals surface area (Å²) in [5.41, 5.74) is 4.80. The van der Waals surface area contributed by atoms with Gasteiger partial charge < -0.3 is 20.3 Å². The van der Waals surface area contributed by atoms with E-state index < -0.39 is 0 Å². The lowest BCUT2D eigenvalue weighted by Gasteiger charge is -2.17. The van der Waals surface area contributed by atoms with Gasteiger partial charge in [0.05, 0.1) is 24.0 Å². The van der Waals surface area contributed by atoms with Gasteiger partial charge in [0.25, 0.3) is 0 Å². The summed E-state index contributed by atoms with van der Waals surface area (Å²) >= 11 is 0. The first kappa shape index (κ1) is 24.9. The van der Waals surface area contributed by atoms with Crippen molar-refractivity contribution in [2.45, 2.75) is 12.8 Å². The van der Waals surface area contributed by atoms with E-state index >= 15 is 0 Å². The Bertz CT molecular complexity index is 1390. The molecule has 1 amide bonds. The normalized spacial score (nSPS) is 11.0. The number of nitrogens with one attached hydrogen (secondary N) is 2. The van der Waals surface area contributed by atoms with Gasteiger partial charge in [0, 0.05) is 24.3 Å². The van der Waals surface area contributed by atoms with Crippen LogP contribution in [0.2, 0.25) is 0 Å². The number of methoxy groups -OCH3 is 1. The van der Waals surface area contributed by atoms with E-state index in [-0.39, 0.29) is 5.91 Å². The molecule has 9 nitrogen and oxygen atoms in total. The molecule has 0 unspecified atom stereocenters. The molecule has 186 valence electrons. The van der Waals surface area contributed by atoms with Crippen LogP contribution < -0.4 is 15.4 Å². The van der Waals surface area contributed by atoms with Crippen molar-refractivity contribution in [3.8, 4) is 17.1 Å². The number of hydrogen-bond donors (Lipinski definition) is 2. The monoisotopic (exact) mass is 485 g/mol. The van der Waals surface area contributed by atoms with Crippen molar-refractivity contribution in [2.75, 3.05) is 38.4 Å². The van der Waals surface area contributed by atoms with Crippen LogP contribution in [-0.4, -0.2) is 58.3 Å². The van der Waals surface area contributed by atoms with Gasteiger partial charge in [-0.05, 0) is 69.4 Å². The predicted molar refractivity (Wildman–Crippen MR) is 144 cm³/mol. The third-order valence-corrected chi connectivity index (χ3v) is 5.82. The Morgan fingerprint density at radius 2 is 2.00 bits per heavy atom. The summed E-state index contributed by atoms with van der Waals surface area (Å²) in [5.74, 6) is 0.742. The van der Waals surface area contributed by atoms with E-state index in [2.05, 4.69) is 32.2 Å². The molecule has 0 saturated carbocycles. The molecule has 0 spiro atoms. The molecule has 2 aromatic carbocycles. The number of hydrogen-bond acceptors (Lipinski definition) is 7. The highest BCUT2D eigenvalue weighted by Gasteiger charge is 2.16. The maximum atomic E-state index is 12.1. The summed E-state index contributed by atoms with van der Waals surface area (Å²) in [6, 6.07) is 13.6. The van der Waals surface area contributed by atoms with Crippen LogP contribution in [0, 0.1) is 0 Å². The number of carbonyl (C=O) groups excluding carboxylic acids is 1. The van der Waals surface area contributed by atoms with Crippen LogP contribution in [0.25, 0.3) is 22.3 Å². The van der Waals surface area contributed by atoms with Crippen LogP contribution >= 0.6 is 0 Å². The number of carbonyl (C=O) groups is 1. The summed E-state index contributed by atoms with van der Waals surface area (Å²) < 4.78 is 7.51. The molecule has 2 heterocycles. The topological polar surface area (TPSA) is 97.2 Å². The highest BCUT2D eigenvalue weighted by molar-refractivity contribution is 6.00. The lowest BCUT2D eigenvalue weighted by atomic mass is 10.0. The second-order valence-electron chi connectivity index (χ2n) is 8.69. The molecule has 2 N–H and O–H groups in total. The second-order valence-corrected chi connectivity index (χ2v) is 8.69. The Labute approximate surface area is 210 Å². The van der Waals surface area contributed by atoms with E-state index in [1.807, 2.05) is 68.3 Å². The Morgan fingerprint density at radius 1 is 1.19 bits per heavy atom. The number of rotatable bonds is 10. The SMILES string of the molecule is C=CC(=O)Nc1cc(Nc2nccc(-c3nn(C)c4ccccc34)n2)c(OC)cc1CCCN(C)C. The number of anilines is 3. The quantitative estimate of drug-likeness (QED) is 0.321. The molecule has 0 aliphatic heterocycles. The number of ether oxygens (including phenoxy) is 1. The van der Waals surface area contributed by atoms with E-state index in [0.717, 1.165) is 41.5 Å². The van der Waals surface area contributed by atoms with Crippen molar-refractivity contribution in [1.82, 2.24) is 24.6 Å². The fourth-order valence-corrected chi connectivity index (χ4v) is 4.06. The van der Waals surface area contributed by atoms with Crippen molar-refractivity contribution in [3.05, 3.63) is 66.9 Å². The summed E-state index contributed by atoms with van der Waals surface area (Å²) in [7, 11) is 7.60. The lowest BCUT2D eigenvalue weighted by molar-refractivity contribution is -0.111. The highest BCUT2D eigenvalue weighted by atomic mass is 16.5. The van der Waals surface area contributed by atoms with Crippen molar-refractivity contribution in [1.29, 1.82) is 0 Å². The van der Waals surface area contributed by atoms with Gasteiger partial charge in [-0.25, -0.2) is 9.97 Å². The molecule has 0 saturated heterocycles. The van der Waals surface area contributed by atoms with Crippen molar-refractivity contribution in [2.24, 2.45) is 7.05 Å². The first-order valence-electron chi connectivity index (χ1n) is 11.7. The summed E-state index contributed by atoms with van der Waals surface area (Å²) in [5, 5.41) is 11.8. The van der Waals surface area contributed by atoms with Crippen molar-refractivity contribution in [3.63, 3.8) is 0 Å². The largest absolute Gasteiger partial charge is 0.495 e. The second kappa shape index (κ2) is 11.0. The van der Waals surface area contributed by atoms with E-state index in [9.17, 15) is 4.79 Å². The minimum Gasteiger partial charge on any atom is -0.495 e. The number of aryl methyl sites for hydroxylation is 2. The van der Waals surface area contributed by atoms with Gasteiger partial charge in [-0.2, -0.15) is 5.10 Å². The molecular weight excluding hydrogens is 454 g/mol. The molecule has 4 rings (SSSR count). The number of amides is 1. The minimum absolute atomic E-state index is 0.278. The zero-order valence-electron chi connectivity index (χ0n) is 21.1. The van der Waals surface area contributed by atoms with Crippen LogP contribution in [0.15, 0.2) is 61.3 Å². The van der Waals surface area contributed by atoms with Gasteiger partial charge >= 0.3 is 0 Å². The molecule has 0 radical (unpaired) electrons. The first-order valence-corrected chi connectivity index (χ1v) is 11.7. The average molecular weight is 486 g/mol. The molecule has 0 bridgehead atoms. The van der Waals surface area contributed by atoms with Crippen LogP contribution in [0.1, 0.15) is 12.0 Å². The molecule has 36 heavy (non-hydrogen) atoms. The number of aromatic nitrogens is 4. The van der Waals surface area contributed by atoms with Crippen LogP contribution in [0.3, 0.4) is 0 Å². The maximum absolute atomic E-state index is 12.1. The fraction of sp³-hybridized carbons (Fsp3) is 0.259. The van der Waals surface area contributed by atoms with E-state index in [0.29, 0.717) is 28.8 Å². The molecular formula is C27H31N7O2. The van der Waals surface area contributed by atoms with Crippen LogP contribution in [0.4, 0.5) is 17.3 Å². The van der Waals surface area contributed by atoms with Gasteiger partial charge in [-0.1, -0.05) is 24.8 Å². The Hall–Kier alpha value is -4.24. The van der Waals surface area contributed by atoms with E-state index in [4.69, 9.17) is 9.72 Å². The van der Waals surface area contributed by atoms with Gasteiger partial charge in [0.15, 0.2) is 0 Å². The molecule has 4 aromatic rings. The first-order chi connectivity index (χ1) is 17.4. The zero-order valence-corrected chi connectivity index (χ0v) is 21.1. The predicted octanol–water partition coefficient (Wildman–Crippen LogP) is 4.40. The van der Waals surface area contributed by atoms with Gasteiger partial charge in [-0.15, -0.1) is 0 Å². The molecule has 2 aromatic heterocycles. The number of nitrogens with zero attached hydrogens (tertiary/aromatic N) is 5. The van der Waals surface area contributed by atoms with Crippen LogP contribution in [-0.2, 0) is 18.3 Å². The third-order valence-electron chi connectivity index (χ3n) is 5.82. The van der Waals surface area contributed by atoms with Crippen molar-refractivity contribution < 1.29 is 9.53 Å². The minimum atomic E-state index is -0.278. The van der Waals surface area contributed by atoms with E-state index in [1.54, 1.807) is 13.3 Å². The standard InChI is InChI=1S/C27H31N7O2/c1-6-25(35)29-21-17-22(24(36-5)16-18(21)10-9-15-33(2)3)31-27-28-14-13-20(30-27)26-19-11-7-8-12-23(19)34(4)32-26/h6-8,11-14,16-17H,1,9-10,15H2,2-5H3,(H,29,35)(H,28,30,31). The van der Waals surface area contributed by atoms with Crippen LogP contribution in [0.5, 0.6) is 5.75 Å².